The quantitative estimate of drug-likeness (QED) is 0.195. The van der Waals surface area contributed by atoms with Crippen LogP contribution in [0.4, 0.5) is 4.39 Å². The van der Waals surface area contributed by atoms with Crippen molar-refractivity contribution in [3.05, 3.63) is 173 Å². The van der Waals surface area contributed by atoms with E-state index >= 15 is 0 Å². The minimum Gasteiger partial charge on any atom is -0.309 e. The standard InChI is InChI=1S/C40H28FN/c1-39(2)30-14-4-5-15-31(30)40(33-17-9-12-27(37(33)39)25-21-23-26(41)24-22-25)32-16-6-8-20-36(32)42-35-19-7-3-11-28(35)29-13-10-18-34(40)38(29)42/h3-24H,1-2H3. The predicted octanol–water partition coefficient (Wildman–Crippen LogP) is 9.93. The van der Waals surface area contributed by atoms with E-state index in [1.54, 1.807) is 12.1 Å². The van der Waals surface area contributed by atoms with Crippen molar-refractivity contribution in [3.8, 4) is 16.8 Å². The summed E-state index contributed by atoms with van der Waals surface area (Å²) in [5.74, 6) is -0.217. The van der Waals surface area contributed by atoms with E-state index in [0.29, 0.717) is 0 Å². The molecule has 6 aromatic carbocycles. The largest absolute Gasteiger partial charge is 0.309 e. The molecule has 2 heterocycles. The molecule has 9 rings (SSSR count). The van der Waals surface area contributed by atoms with Gasteiger partial charge in [0.05, 0.1) is 22.1 Å². The Hall–Kier alpha value is -4.95. The highest BCUT2D eigenvalue weighted by Crippen LogP contribution is 2.61. The van der Waals surface area contributed by atoms with Gasteiger partial charge in [-0.1, -0.05) is 123 Å². The van der Waals surface area contributed by atoms with Crippen molar-refractivity contribution < 1.29 is 4.39 Å². The Morgan fingerprint density at radius 2 is 1.14 bits per heavy atom. The first-order chi connectivity index (χ1) is 20.5. The van der Waals surface area contributed by atoms with Crippen molar-refractivity contribution in [2.45, 2.75) is 24.7 Å². The number of hydrogen-bond acceptors (Lipinski definition) is 0. The number of halogens is 1. The maximum absolute atomic E-state index is 14.1. The van der Waals surface area contributed by atoms with Gasteiger partial charge in [0.1, 0.15) is 5.82 Å². The maximum Gasteiger partial charge on any atom is 0.123 e. The summed E-state index contributed by atoms with van der Waals surface area (Å²) in [6.45, 7) is 4.69. The fraction of sp³-hybridized carbons (Fsp3) is 0.100. The van der Waals surface area contributed by atoms with Gasteiger partial charge in [-0.25, -0.2) is 4.39 Å². The molecule has 200 valence electrons. The van der Waals surface area contributed by atoms with E-state index in [9.17, 15) is 4.39 Å². The first-order valence-electron chi connectivity index (χ1n) is 14.7. The lowest BCUT2D eigenvalue weighted by Crippen LogP contribution is -2.44. The van der Waals surface area contributed by atoms with E-state index in [4.69, 9.17) is 0 Å². The number of benzene rings is 6. The smallest absolute Gasteiger partial charge is 0.123 e. The van der Waals surface area contributed by atoms with E-state index in [1.165, 1.54) is 60.9 Å². The SMILES string of the molecule is CC1(C)c2ccccc2C2(c3ccccc3-n3c4ccccc4c4cccc2c43)c2cccc(-c3ccc(F)cc3)c21. The molecule has 0 radical (unpaired) electrons. The van der Waals surface area contributed by atoms with Crippen molar-refractivity contribution in [2.75, 3.05) is 0 Å². The lowest BCUT2D eigenvalue weighted by Gasteiger charge is -2.50. The van der Waals surface area contributed by atoms with Crippen LogP contribution in [0.15, 0.2) is 133 Å². The molecule has 0 N–H and O–H groups in total. The zero-order valence-corrected chi connectivity index (χ0v) is 23.5. The lowest BCUT2D eigenvalue weighted by molar-refractivity contribution is 0.558. The molecule has 1 aromatic heterocycles. The van der Waals surface area contributed by atoms with Crippen LogP contribution in [0.2, 0.25) is 0 Å². The monoisotopic (exact) mass is 541 g/mol. The second-order valence-electron chi connectivity index (χ2n) is 12.2. The van der Waals surface area contributed by atoms with Crippen molar-refractivity contribution in [1.29, 1.82) is 0 Å². The van der Waals surface area contributed by atoms with E-state index < -0.39 is 5.41 Å². The van der Waals surface area contributed by atoms with E-state index in [-0.39, 0.29) is 11.2 Å². The Morgan fingerprint density at radius 3 is 1.98 bits per heavy atom. The van der Waals surface area contributed by atoms with E-state index in [1.807, 2.05) is 12.1 Å². The Labute approximate surface area is 244 Å². The Balaban J connectivity index is 1.54. The van der Waals surface area contributed by atoms with Crippen LogP contribution >= 0.6 is 0 Å². The van der Waals surface area contributed by atoms with Gasteiger partial charge in [0.25, 0.3) is 0 Å². The minimum atomic E-state index is -0.530. The third-order valence-electron chi connectivity index (χ3n) is 9.90. The molecule has 0 bridgehead atoms. The molecule has 1 aliphatic heterocycles. The van der Waals surface area contributed by atoms with Gasteiger partial charge in [-0.05, 0) is 68.8 Å². The highest BCUT2D eigenvalue weighted by Gasteiger charge is 2.53. The number of hydrogen-bond donors (Lipinski definition) is 0. The van der Waals surface area contributed by atoms with Crippen molar-refractivity contribution in [2.24, 2.45) is 0 Å². The lowest BCUT2D eigenvalue weighted by atomic mass is 9.52. The van der Waals surface area contributed by atoms with Crippen LogP contribution < -0.4 is 0 Å². The molecule has 1 unspecified atom stereocenters. The average molecular weight is 542 g/mol. The van der Waals surface area contributed by atoms with Crippen LogP contribution in [0.5, 0.6) is 0 Å². The van der Waals surface area contributed by atoms with Crippen molar-refractivity contribution in [3.63, 3.8) is 0 Å². The molecule has 0 fully saturated rings. The van der Waals surface area contributed by atoms with Gasteiger partial charge in [0.15, 0.2) is 0 Å². The van der Waals surface area contributed by atoms with E-state index in [2.05, 4.69) is 128 Å². The second-order valence-corrected chi connectivity index (χ2v) is 12.2. The summed E-state index contributed by atoms with van der Waals surface area (Å²) < 4.78 is 16.6. The average Bonchev–Trinajstić information content (AvgIpc) is 3.37. The fourth-order valence-electron chi connectivity index (χ4n) is 8.33. The summed E-state index contributed by atoms with van der Waals surface area (Å²) in [4.78, 5) is 0. The summed E-state index contributed by atoms with van der Waals surface area (Å²) in [7, 11) is 0. The van der Waals surface area contributed by atoms with Crippen LogP contribution in [0.1, 0.15) is 47.2 Å². The first-order valence-corrected chi connectivity index (χ1v) is 14.7. The molecule has 0 amide bonds. The third kappa shape index (κ3) is 2.73. The summed E-state index contributed by atoms with van der Waals surface area (Å²) in [6, 6.07) is 47.3. The minimum absolute atomic E-state index is 0.217. The molecule has 1 aliphatic carbocycles. The van der Waals surface area contributed by atoms with Crippen LogP contribution in [0, 0.1) is 5.82 Å². The molecule has 1 spiro atoms. The second kappa shape index (κ2) is 8.08. The molecule has 7 aromatic rings. The zero-order valence-electron chi connectivity index (χ0n) is 23.5. The molecule has 1 nitrogen and oxygen atoms in total. The Kier molecular flexibility index (Phi) is 4.56. The van der Waals surface area contributed by atoms with Gasteiger partial charge >= 0.3 is 0 Å². The van der Waals surface area contributed by atoms with Gasteiger partial charge < -0.3 is 4.57 Å². The van der Waals surface area contributed by atoms with Gasteiger partial charge in [-0.3, -0.25) is 0 Å². The Bertz CT molecular complexity index is 2230. The highest BCUT2D eigenvalue weighted by molar-refractivity contribution is 6.12. The summed E-state index contributed by atoms with van der Waals surface area (Å²) in [5, 5.41) is 2.54. The normalized spacial score (nSPS) is 17.7. The summed E-state index contributed by atoms with van der Waals surface area (Å²) >= 11 is 0. The number of para-hydroxylation sites is 3. The third-order valence-corrected chi connectivity index (χ3v) is 9.90. The molecule has 42 heavy (non-hydrogen) atoms. The molecule has 2 heteroatoms. The van der Waals surface area contributed by atoms with Gasteiger partial charge in [-0.2, -0.15) is 0 Å². The molecular weight excluding hydrogens is 513 g/mol. The van der Waals surface area contributed by atoms with Crippen LogP contribution in [0.25, 0.3) is 38.6 Å². The fourth-order valence-corrected chi connectivity index (χ4v) is 8.33. The number of aromatic nitrogens is 1. The maximum atomic E-state index is 14.1. The van der Waals surface area contributed by atoms with Crippen LogP contribution in [0.3, 0.4) is 0 Å². The van der Waals surface area contributed by atoms with Crippen LogP contribution in [-0.2, 0) is 10.8 Å². The molecular formula is C40H28FN. The van der Waals surface area contributed by atoms with E-state index in [0.717, 1.165) is 11.1 Å². The highest BCUT2D eigenvalue weighted by atomic mass is 19.1. The van der Waals surface area contributed by atoms with Gasteiger partial charge in [-0.15, -0.1) is 0 Å². The Morgan fingerprint density at radius 1 is 0.524 bits per heavy atom. The van der Waals surface area contributed by atoms with Gasteiger partial charge in [0, 0.05) is 16.2 Å². The summed E-state index contributed by atoms with van der Waals surface area (Å²) in [5.41, 5.74) is 12.9. The number of nitrogens with zero attached hydrogens (tertiary/aromatic N) is 1. The molecule has 2 aliphatic rings. The summed E-state index contributed by atoms with van der Waals surface area (Å²) in [6.07, 6.45) is 0. The topological polar surface area (TPSA) is 4.93 Å². The van der Waals surface area contributed by atoms with Crippen molar-refractivity contribution in [1.82, 2.24) is 4.57 Å². The van der Waals surface area contributed by atoms with Crippen LogP contribution in [-0.4, -0.2) is 4.57 Å². The predicted molar refractivity (Wildman–Crippen MR) is 170 cm³/mol. The molecule has 1 atom stereocenters. The zero-order chi connectivity index (χ0) is 28.2. The molecule has 0 saturated heterocycles. The number of rotatable bonds is 1. The first kappa shape index (κ1) is 23.7. The van der Waals surface area contributed by atoms with Gasteiger partial charge in [0.2, 0.25) is 0 Å². The number of fused-ring (bicyclic) bond motifs is 11. The van der Waals surface area contributed by atoms with Crippen molar-refractivity contribution >= 4 is 21.8 Å². The molecule has 0 saturated carbocycles.